The van der Waals surface area contributed by atoms with Gasteiger partial charge in [0.1, 0.15) is 0 Å². The van der Waals surface area contributed by atoms with E-state index in [9.17, 15) is 0 Å². The highest BCUT2D eigenvalue weighted by Gasteiger charge is 2.21. The Kier molecular flexibility index (Phi) is 6.95. The second kappa shape index (κ2) is 8.23. The quantitative estimate of drug-likeness (QED) is 0.783. The molecule has 19 heavy (non-hydrogen) atoms. The van der Waals surface area contributed by atoms with Crippen LogP contribution in [0.3, 0.4) is 0 Å². The van der Waals surface area contributed by atoms with Crippen molar-refractivity contribution in [1.82, 2.24) is 20.2 Å². The van der Waals surface area contributed by atoms with Gasteiger partial charge in [-0.05, 0) is 26.9 Å². The molecule has 0 radical (unpaired) electrons. The van der Waals surface area contributed by atoms with Crippen LogP contribution < -0.4 is 5.32 Å². The molecule has 0 spiro atoms. The zero-order valence-electron chi connectivity index (χ0n) is 12.9. The molecule has 0 aliphatic heterocycles. The first kappa shape index (κ1) is 16.1. The topological polar surface area (TPSA) is 41.1 Å². The molecule has 0 bridgehead atoms. The van der Waals surface area contributed by atoms with Crippen LogP contribution in [0.25, 0.3) is 0 Å². The number of likely N-dealkylation sites (N-methyl/N-ethyl adjacent to an activating group) is 1. The third kappa shape index (κ3) is 4.88. The van der Waals surface area contributed by atoms with Gasteiger partial charge < -0.3 is 10.2 Å². The molecular formula is C15H28N4. The van der Waals surface area contributed by atoms with E-state index in [-0.39, 0.29) is 6.04 Å². The molecule has 0 fully saturated rings. The molecule has 0 saturated carbocycles. The number of nitrogens with one attached hydrogen (secondary N) is 1. The highest BCUT2D eigenvalue weighted by molar-refractivity contribution is 5.00. The summed E-state index contributed by atoms with van der Waals surface area (Å²) in [6.07, 6.45) is 7.74. The van der Waals surface area contributed by atoms with Gasteiger partial charge in [0.25, 0.3) is 0 Å². The summed E-state index contributed by atoms with van der Waals surface area (Å²) in [6, 6.07) is 0.805. The summed E-state index contributed by atoms with van der Waals surface area (Å²) in [5.41, 5.74) is 1.00. The van der Waals surface area contributed by atoms with E-state index in [0.717, 1.165) is 18.2 Å². The van der Waals surface area contributed by atoms with Crippen molar-refractivity contribution in [3.8, 4) is 0 Å². The van der Waals surface area contributed by atoms with Gasteiger partial charge in [-0.25, -0.2) is 0 Å². The van der Waals surface area contributed by atoms with Crippen molar-refractivity contribution < 1.29 is 0 Å². The molecule has 108 valence electrons. The standard InChI is InChI=1S/C15H28N4/c1-6-13(7-2)15(19(4)5)11-18-12(3)14-10-16-8-9-17-14/h8-10,12-13,15,18H,6-7,11H2,1-5H3. The predicted octanol–water partition coefficient (Wildman–Crippen LogP) is 2.49. The van der Waals surface area contributed by atoms with E-state index < -0.39 is 0 Å². The van der Waals surface area contributed by atoms with Gasteiger partial charge >= 0.3 is 0 Å². The maximum atomic E-state index is 4.35. The summed E-state index contributed by atoms with van der Waals surface area (Å²) < 4.78 is 0. The lowest BCUT2D eigenvalue weighted by Gasteiger charge is -2.32. The minimum absolute atomic E-state index is 0.241. The van der Waals surface area contributed by atoms with E-state index in [1.807, 2.05) is 6.20 Å². The highest BCUT2D eigenvalue weighted by atomic mass is 15.1. The minimum Gasteiger partial charge on any atom is -0.307 e. The Morgan fingerprint density at radius 2 is 1.89 bits per heavy atom. The number of nitrogens with zero attached hydrogens (tertiary/aromatic N) is 3. The SMILES string of the molecule is CCC(CC)C(CNC(C)c1cnccn1)N(C)C. The summed E-state index contributed by atoms with van der Waals surface area (Å²) in [5.74, 6) is 0.733. The van der Waals surface area contributed by atoms with Crippen LogP contribution in [-0.4, -0.2) is 41.5 Å². The third-order valence-electron chi connectivity index (χ3n) is 3.92. The summed E-state index contributed by atoms with van der Waals surface area (Å²) in [5, 5.41) is 3.59. The van der Waals surface area contributed by atoms with Crippen molar-refractivity contribution in [1.29, 1.82) is 0 Å². The summed E-state index contributed by atoms with van der Waals surface area (Å²) in [6.45, 7) is 7.67. The van der Waals surface area contributed by atoms with Gasteiger partial charge in [0.15, 0.2) is 0 Å². The van der Waals surface area contributed by atoms with Crippen LogP contribution in [0.15, 0.2) is 18.6 Å². The van der Waals surface area contributed by atoms with Crippen LogP contribution in [0.1, 0.15) is 45.3 Å². The average molecular weight is 264 g/mol. The van der Waals surface area contributed by atoms with Crippen LogP contribution in [0.2, 0.25) is 0 Å². The van der Waals surface area contributed by atoms with Gasteiger partial charge in [0, 0.05) is 37.2 Å². The Hall–Kier alpha value is -1.00. The van der Waals surface area contributed by atoms with Crippen LogP contribution in [0.4, 0.5) is 0 Å². The summed E-state index contributed by atoms with van der Waals surface area (Å²) in [7, 11) is 4.33. The molecule has 0 aliphatic rings. The average Bonchev–Trinajstić information content (AvgIpc) is 2.43. The first-order chi connectivity index (χ1) is 9.10. The van der Waals surface area contributed by atoms with E-state index in [1.54, 1.807) is 12.4 Å². The summed E-state index contributed by atoms with van der Waals surface area (Å²) >= 11 is 0. The molecule has 1 aromatic rings. The maximum Gasteiger partial charge on any atom is 0.0753 e. The number of hydrogen-bond acceptors (Lipinski definition) is 4. The molecule has 1 aromatic heterocycles. The number of aromatic nitrogens is 2. The van der Waals surface area contributed by atoms with Gasteiger partial charge in [0.05, 0.1) is 5.69 Å². The maximum absolute atomic E-state index is 4.35. The smallest absolute Gasteiger partial charge is 0.0753 e. The molecule has 4 heteroatoms. The zero-order chi connectivity index (χ0) is 14.3. The largest absolute Gasteiger partial charge is 0.307 e. The van der Waals surface area contributed by atoms with E-state index >= 15 is 0 Å². The van der Waals surface area contributed by atoms with Crippen LogP contribution in [0.5, 0.6) is 0 Å². The van der Waals surface area contributed by atoms with Gasteiger partial charge in [-0.1, -0.05) is 26.7 Å². The lowest BCUT2D eigenvalue weighted by Crippen LogP contribution is -2.43. The van der Waals surface area contributed by atoms with E-state index in [2.05, 4.69) is 55.1 Å². The molecule has 0 saturated heterocycles. The van der Waals surface area contributed by atoms with E-state index in [0.29, 0.717) is 6.04 Å². The monoisotopic (exact) mass is 264 g/mol. The fourth-order valence-electron chi connectivity index (χ4n) is 2.54. The van der Waals surface area contributed by atoms with Crippen LogP contribution in [-0.2, 0) is 0 Å². The first-order valence-corrected chi connectivity index (χ1v) is 7.25. The second-order valence-corrected chi connectivity index (χ2v) is 5.37. The molecule has 0 aromatic carbocycles. The Bertz CT molecular complexity index is 335. The van der Waals surface area contributed by atoms with Crippen LogP contribution >= 0.6 is 0 Å². The lowest BCUT2D eigenvalue weighted by molar-refractivity contribution is 0.190. The number of hydrogen-bond donors (Lipinski definition) is 1. The zero-order valence-corrected chi connectivity index (χ0v) is 12.9. The van der Waals surface area contributed by atoms with Crippen molar-refractivity contribution in [2.24, 2.45) is 5.92 Å². The third-order valence-corrected chi connectivity index (χ3v) is 3.92. The predicted molar refractivity (Wildman–Crippen MR) is 80.0 cm³/mol. The van der Waals surface area contributed by atoms with E-state index in [4.69, 9.17) is 0 Å². The highest BCUT2D eigenvalue weighted by Crippen LogP contribution is 2.17. The molecule has 0 aliphatic carbocycles. The molecule has 1 rings (SSSR count). The van der Waals surface area contributed by atoms with Crippen molar-refractivity contribution in [3.05, 3.63) is 24.3 Å². The molecule has 2 unspecified atom stereocenters. The molecule has 1 heterocycles. The molecule has 2 atom stereocenters. The normalized spacial score (nSPS) is 14.9. The fourth-order valence-corrected chi connectivity index (χ4v) is 2.54. The molecular weight excluding hydrogens is 236 g/mol. The van der Waals surface area contributed by atoms with Gasteiger partial charge in [0.2, 0.25) is 0 Å². The fraction of sp³-hybridized carbons (Fsp3) is 0.733. The molecule has 0 amide bonds. The molecule has 4 nitrogen and oxygen atoms in total. The molecule has 1 N–H and O–H groups in total. The minimum atomic E-state index is 0.241. The van der Waals surface area contributed by atoms with Crippen molar-refractivity contribution >= 4 is 0 Å². The van der Waals surface area contributed by atoms with Crippen molar-refractivity contribution in [2.75, 3.05) is 20.6 Å². The van der Waals surface area contributed by atoms with E-state index in [1.165, 1.54) is 12.8 Å². The lowest BCUT2D eigenvalue weighted by atomic mass is 9.93. The Morgan fingerprint density at radius 1 is 1.21 bits per heavy atom. The van der Waals surface area contributed by atoms with Crippen molar-refractivity contribution in [3.63, 3.8) is 0 Å². The Morgan fingerprint density at radius 3 is 2.37 bits per heavy atom. The van der Waals surface area contributed by atoms with Crippen LogP contribution in [0, 0.1) is 5.92 Å². The first-order valence-electron chi connectivity index (χ1n) is 7.25. The van der Waals surface area contributed by atoms with Gasteiger partial charge in [-0.2, -0.15) is 0 Å². The summed E-state index contributed by atoms with van der Waals surface area (Å²) in [4.78, 5) is 10.8. The van der Waals surface area contributed by atoms with Gasteiger partial charge in [-0.15, -0.1) is 0 Å². The Balaban J connectivity index is 2.57. The van der Waals surface area contributed by atoms with Gasteiger partial charge in [-0.3, -0.25) is 9.97 Å². The van der Waals surface area contributed by atoms with Crippen molar-refractivity contribution in [2.45, 2.75) is 45.7 Å². The second-order valence-electron chi connectivity index (χ2n) is 5.37. The number of rotatable bonds is 8. The Labute approximate surface area is 117 Å².